The Kier molecular flexibility index (Phi) is 6.21. The lowest BCUT2D eigenvalue weighted by atomic mass is 10.2. The third-order valence-electron chi connectivity index (χ3n) is 5.03. The summed E-state index contributed by atoms with van der Waals surface area (Å²) in [7, 11) is 0. The first kappa shape index (κ1) is 22.5. The summed E-state index contributed by atoms with van der Waals surface area (Å²) in [6, 6.07) is 15.0. The highest BCUT2D eigenvalue weighted by molar-refractivity contribution is 5.97. The first-order valence-electron chi connectivity index (χ1n) is 10.5. The predicted molar refractivity (Wildman–Crippen MR) is 126 cm³/mol. The van der Waals surface area contributed by atoms with Gasteiger partial charge in [0.05, 0.1) is 11.4 Å². The van der Waals surface area contributed by atoms with Gasteiger partial charge >= 0.3 is 0 Å². The Morgan fingerprint density at radius 1 is 0.765 bits per heavy atom. The van der Waals surface area contributed by atoms with Gasteiger partial charge in [-0.25, -0.2) is 0 Å². The number of hydrogen-bond acceptors (Lipinski definition) is 8. The second-order valence-corrected chi connectivity index (χ2v) is 7.66. The number of nitrogens with zero attached hydrogens (tertiary/aromatic N) is 6. The van der Waals surface area contributed by atoms with E-state index in [2.05, 4.69) is 31.3 Å². The minimum Gasteiger partial charge on any atom is -0.382 e. The number of anilines is 2. The number of carbonyl (C=O) groups is 2. The van der Waals surface area contributed by atoms with E-state index in [1.54, 1.807) is 0 Å². The number of nitrogens with two attached hydrogens (primary N) is 2. The van der Waals surface area contributed by atoms with Crippen LogP contribution < -0.4 is 22.1 Å². The van der Waals surface area contributed by atoms with E-state index in [0.29, 0.717) is 11.4 Å². The summed E-state index contributed by atoms with van der Waals surface area (Å²) in [5, 5.41) is 21.0. The van der Waals surface area contributed by atoms with Crippen molar-refractivity contribution in [3.8, 4) is 11.4 Å². The van der Waals surface area contributed by atoms with Crippen LogP contribution in [-0.4, -0.2) is 54.9 Å². The van der Waals surface area contributed by atoms with Gasteiger partial charge in [0.2, 0.25) is 0 Å². The molecule has 2 heterocycles. The van der Waals surface area contributed by atoms with Crippen LogP contribution in [0.4, 0.5) is 11.6 Å². The van der Waals surface area contributed by atoms with Crippen molar-refractivity contribution in [3.63, 3.8) is 0 Å². The van der Waals surface area contributed by atoms with Crippen molar-refractivity contribution in [2.45, 2.75) is 13.8 Å². The van der Waals surface area contributed by atoms with Gasteiger partial charge in [0.25, 0.3) is 11.8 Å². The Hall–Kier alpha value is -4.74. The summed E-state index contributed by atoms with van der Waals surface area (Å²) in [6.45, 7) is 4.14. The molecule has 0 fully saturated rings. The number of aromatic nitrogens is 6. The van der Waals surface area contributed by atoms with E-state index < -0.39 is 11.8 Å². The summed E-state index contributed by atoms with van der Waals surface area (Å²) < 4.78 is 2.79. The van der Waals surface area contributed by atoms with Crippen molar-refractivity contribution in [1.82, 2.24) is 40.6 Å². The van der Waals surface area contributed by atoms with Crippen molar-refractivity contribution in [2.24, 2.45) is 0 Å². The van der Waals surface area contributed by atoms with E-state index >= 15 is 0 Å². The third kappa shape index (κ3) is 4.55. The standard InChI is InChI=1S/C22H24N10O2/c1-13-5-3-7-15(11-13)31-19(23)17(27-29-31)21(33)25-9-10-26-22(34)18-20(24)32(30-28-18)16-8-4-6-14(2)12-16/h3-8,11-12H,9-10,23-24H2,1-2H3,(H,25,33)(H,26,34). The molecule has 174 valence electrons. The molecule has 0 aliphatic rings. The van der Waals surface area contributed by atoms with Gasteiger partial charge in [-0.3, -0.25) is 9.59 Å². The summed E-state index contributed by atoms with van der Waals surface area (Å²) in [5.41, 5.74) is 15.6. The lowest BCUT2D eigenvalue weighted by Gasteiger charge is -2.07. The number of rotatable bonds is 7. The van der Waals surface area contributed by atoms with Gasteiger partial charge in [-0.15, -0.1) is 10.2 Å². The van der Waals surface area contributed by atoms with Gasteiger partial charge in [0.15, 0.2) is 23.0 Å². The number of aryl methyl sites for hydroxylation is 2. The second kappa shape index (κ2) is 9.40. The molecule has 6 N–H and O–H groups in total. The zero-order valence-corrected chi connectivity index (χ0v) is 18.7. The minimum absolute atomic E-state index is 0.00169. The maximum Gasteiger partial charge on any atom is 0.275 e. The molecular weight excluding hydrogens is 436 g/mol. The van der Waals surface area contributed by atoms with Crippen LogP contribution in [0.25, 0.3) is 11.4 Å². The zero-order valence-electron chi connectivity index (χ0n) is 18.7. The molecule has 4 rings (SSSR count). The fraction of sp³-hybridized carbons (Fsp3) is 0.182. The number of nitrogens with one attached hydrogen (secondary N) is 2. The highest BCUT2D eigenvalue weighted by Gasteiger charge is 2.20. The van der Waals surface area contributed by atoms with Gasteiger partial charge in [-0.05, 0) is 49.2 Å². The van der Waals surface area contributed by atoms with Gasteiger partial charge in [0.1, 0.15) is 0 Å². The van der Waals surface area contributed by atoms with Crippen molar-refractivity contribution in [2.75, 3.05) is 24.6 Å². The highest BCUT2D eigenvalue weighted by atomic mass is 16.2. The number of amides is 2. The largest absolute Gasteiger partial charge is 0.382 e. The molecule has 12 nitrogen and oxygen atoms in total. The third-order valence-corrected chi connectivity index (χ3v) is 5.03. The van der Waals surface area contributed by atoms with Crippen LogP contribution in [0.5, 0.6) is 0 Å². The van der Waals surface area contributed by atoms with E-state index in [1.807, 2.05) is 62.4 Å². The van der Waals surface area contributed by atoms with Crippen LogP contribution in [0.1, 0.15) is 32.1 Å². The Labute approximate surface area is 194 Å². The van der Waals surface area contributed by atoms with Crippen LogP contribution in [0, 0.1) is 13.8 Å². The molecule has 0 aliphatic carbocycles. The second-order valence-electron chi connectivity index (χ2n) is 7.66. The number of nitrogen functional groups attached to an aromatic ring is 2. The summed E-state index contributed by atoms with van der Waals surface area (Å²) >= 11 is 0. The normalized spacial score (nSPS) is 10.8. The Morgan fingerprint density at radius 3 is 1.56 bits per heavy atom. The Morgan fingerprint density at radius 2 is 1.18 bits per heavy atom. The molecule has 0 unspecified atom stereocenters. The van der Waals surface area contributed by atoms with Crippen LogP contribution in [0.2, 0.25) is 0 Å². The first-order valence-corrected chi connectivity index (χ1v) is 10.5. The van der Waals surface area contributed by atoms with Crippen molar-refractivity contribution in [1.29, 1.82) is 0 Å². The molecule has 0 saturated heterocycles. The topological polar surface area (TPSA) is 172 Å². The molecule has 0 spiro atoms. The summed E-state index contributed by atoms with van der Waals surface area (Å²) in [5.74, 6) is -0.772. The quantitative estimate of drug-likeness (QED) is 0.293. The molecule has 4 aromatic rings. The highest BCUT2D eigenvalue weighted by Crippen LogP contribution is 2.17. The lowest BCUT2D eigenvalue weighted by molar-refractivity contribution is 0.0923. The fourth-order valence-electron chi connectivity index (χ4n) is 3.32. The molecule has 2 amide bonds. The van der Waals surface area contributed by atoms with Crippen molar-refractivity contribution < 1.29 is 9.59 Å². The van der Waals surface area contributed by atoms with Crippen LogP contribution in [0.15, 0.2) is 48.5 Å². The van der Waals surface area contributed by atoms with Crippen LogP contribution >= 0.6 is 0 Å². The number of benzene rings is 2. The monoisotopic (exact) mass is 460 g/mol. The molecule has 0 radical (unpaired) electrons. The van der Waals surface area contributed by atoms with E-state index in [4.69, 9.17) is 11.5 Å². The van der Waals surface area contributed by atoms with Gasteiger partial charge < -0.3 is 22.1 Å². The van der Waals surface area contributed by atoms with E-state index in [9.17, 15) is 9.59 Å². The Balaban J connectivity index is 1.33. The molecule has 0 atom stereocenters. The van der Waals surface area contributed by atoms with Crippen molar-refractivity contribution in [3.05, 3.63) is 71.0 Å². The molecule has 34 heavy (non-hydrogen) atoms. The van der Waals surface area contributed by atoms with Gasteiger partial charge in [-0.2, -0.15) is 9.36 Å². The first-order chi connectivity index (χ1) is 16.3. The summed E-state index contributed by atoms with van der Waals surface area (Å²) in [6.07, 6.45) is 0. The molecular formula is C22H24N10O2. The molecule has 2 aromatic carbocycles. The zero-order chi connectivity index (χ0) is 24.2. The van der Waals surface area contributed by atoms with Gasteiger partial charge in [0, 0.05) is 13.1 Å². The van der Waals surface area contributed by atoms with Crippen LogP contribution in [0.3, 0.4) is 0 Å². The summed E-state index contributed by atoms with van der Waals surface area (Å²) in [4.78, 5) is 24.9. The molecule has 0 bridgehead atoms. The van der Waals surface area contributed by atoms with E-state index in [0.717, 1.165) is 11.1 Å². The van der Waals surface area contributed by atoms with Gasteiger partial charge in [-0.1, -0.05) is 34.7 Å². The average molecular weight is 461 g/mol. The maximum atomic E-state index is 12.5. The lowest BCUT2D eigenvalue weighted by Crippen LogP contribution is -2.35. The SMILES string of the molecule is Cc1cccc(-n2nnc(C(=O)NCCNC(=O)c3nnn(-c4cccc(C)c4)c3N)c2N)c1. The number of carbonyl (C=O) groups excluding carboxylic acids is 2. The fourth-order valence-corrected chi connectivity index (χ4v) is 3.32. The van der Waals surface area contributed by atoms with E-state index in [-0.39, 0.29) is 36.1 Å². The molecule has 2 aromatic heterocycles. The minimum atomic E-state index is -0.504. The maximum absolute atomic E-state index is 12.5. The molecule has 0 saturated carbocycles. The van der Waals surface area contributed by atoms with E-state index in [1.165, 1.54) is 9.36 Å². The smallest absolute Gasteiger partial charge is 0.275 e. The molecule has 0 aliphatic heterocycles. The average Bonchev–Trinajstić information content (AvgIpc) is 3.39. The number of hydrogen-bond donors (Lipinski definition) is 4. The molecule has 12 heteroatoms. The van der Waals surface area contributed by atoms with Crippen LogP contribution in [-0.2, 0) is 0 Å². The van der Waals surface area contributed by atoms with Crippen molar-refractivity contribution >= 4 is 23.5 Å². The predicted octanol–water partition coefficient (Wildman–Crippen LogP) is 0.789. The Bertz CT molecular complexity index is 1250.